The number of amides is 2. The Morgan fingerprint density at radius 2 is 1.92 bits per heavy atom. The monoisotopic (exact) mass is 493 g/mol. The SMILES string of the molecule is COc1ccc(CCN2C(=O)c3cc4occc4n3CC2(C)C(=O)NC2CCC(C)CC2)c(OC)c1. The molecule has 0 radical (unpaired) electrons. The first-order chi connectivity index (χ1) is 17.3. The number of methoxy groups -OCH3 is 2. The Balaban J connectivity index is 1.45. The van der Waals surface area contributed by atoms with Gasteiger partial charge in [0.1, 0.15) is 22.7 Å². The number of hydrogen-bond acceptors (Lipinski definition) is 5. The summed E-state index contributed by atoms with van der Waals surface area (Å²) in [6.45, 7) is 4.88. The first kappa shape index (κ1) is 24.3. The smallest absolute Gasteiger partial charge is 0.271 e. The standard InChI is InChI=1S/C28H35N3O5/c1-18-5-8-20(9-6-18)29-27(33)28(2)17-30-22-12-14-36-25(22)16-23(30)26(32)31(28)13-11-19-7-10-21(34-3)15-24(19)35-4/h7,10,12,14-16,18,20H,5-6,8-9,11,13,17H2,1-4H3,(H,29,33). The molecule has 3 aromatic rings. The van der Waals surface area contributed by atoms with Gasteiger partial charge in [0.15, 0.2) is 5.58 Å². The fourth-order valence-corrected chi connectivity index (χ4v) is 5.66. The first-order valence-corrected chi connectivity index (χ1v) is 12.7. The van der Waals surface area contributed by atoms with Gasteiger partial charge in [0.05, 0.1) is 32.5 Å². The van der Waals surface area contributed by atoms with E-state index in [1.54, 1.807) is 31.4 Å². The summed E-state index contributed by atoms with van der Waals surface area (Å²) >= 11 is 0. The number of benzene rings is 1. The summed E-state index contributed by atoms with van der Waals surface area (Å²) in [4.78, 5) is 29.4. The van der Waals surface area contributed by atoms with Gasteiger partial charge in [0, 0.05) is 30.8 Å². The molecule has 2 amide bonds. The van der Waals surface area contributed by atoms with Crippen molar-refractivity contribution in [1.29, 1.82) is 0 Å². The molecule has 5 rings (SSSR count). The van der Waals surface area contributed by atoms with E-state index in [9.17, 15) is 9.59 Å². The first-order valence-electron chi connectivity index (χ1n) is 12.7. The topological polar surface area (TPSA) is 85.9 Å². The second-order valence-electron chi connectivity index (χ2n) is 10.4. The molecule has 8 heteroatoms. The third kappa shape index (κ3) is 4.22. The van der Waals surface area contributed by atoms with Crippen molar-refractivity contribution in [2.45, 2.75) is 64.1 Å². The minimum absolute atomic E-state index is 0.104. The van der Waals surface area contributed by atoms with Crippen LogP contribution in [0.15, 0.2) is 41.0 Å². The number of hydrogen-bond donors (Lipinski definition) is 1. The van der Waals surface area contributed by atoms with Gasteiger partial charge >= 0.3 is 0 Å². The molecular formula is C28H35N3O5. The van der Waals surface area contributed by atoms with Crippen LogP contribution in [0.5, 0.6) is 11.5 Å². The van der Waals surface area contributed by atoms with Gasteiger partial charge in [-0.05, 0) is 56.6 Å². The van der Waals surface area contributed by atoms with Crippen molar-refractivity contribution in [3.8, 4) is 11.5 Å². The molecular weight excluding hydrogens is 458 g/mol. The molecule has 1 aliphatic carbocycles. The highest BCUT2D eigenvalue weighted by Crippen LogP contribution is 2.34. The van der Waals surface area contributed by atoms with Gasteiger partial charge in [-0.3, -0.25) is 9.59 Å². The number of ether oxygens (including phenoxy) is 2. The number of furan rings is 1. The molecule has 1 atom stereocenters. The molecule has 192 valence electrons. The predicted molar refractivity (Wildman–Crippen MR) is 136 cm³/mol. The van der Waals surface area contributed by atoms with Crippen LogP contribution in [-0.2, 0) is 17.8 Å². The number of fused-ring (bicyclic) bond motifs is 3. The van der Waals surface area contributed by atoms with Crippen LogP contribution >= 0.6 is 0 Å². The Bertz CT molecular complexity index is 1270. The molecule has 1 unspecified atom stereocenters. The number of carbonyl (C=O) groups excluding carboxylic acids is 2. The van der Waals surface area contributed by atoms with Crippen molar-refractivity contribution in [1.82, 2.24) is 14.8 Å². The lowest BCUT2D eigenvalue weighted by Crippen LogP contribution is -2.65. The van der Waals surface area contributed by atoms with Gasteiger partial charge in [-0.15, -0.1) is 0 Å². The van der Waals surface area contributed by atoms with Crippen molar-refractivity contribution in [3.05, 3.63) is 47.9 Å². The maximum atomic E-state index is 13.9. The van der Waals surface area contributed by atoms with E-state index in [0.717, 1.165) is 36.8 Å². The lowest BCUT2D eigenvalue weighted by molar-refractivity contribution is -0.133. The van der Waals surface area contributed by atoms with Crippen molar-refractivity contribution < 1.29 is 23.5 Å². The van der Waals surface area contributed by atoms with Gasteiger partial charge in [0.2, 0.25) is 5.91 Å². The predicted octanol–water partition coefficient (Wildman–Crippen LogP) is 4.40. The highest BCUT2D eigenvalue weighted by molar-refractivity contribution is 6.03. The van der Waals surface area contributed by atoms with Crippen LogP contribution in [0.4, 0.5) is 0 Å². The number of aromatic nitrogens is 1. The van der Waals surface area contributed by atoms with Gasteiger partial charge in [-0.25, -0.2) is 0 Å². The number of nitrogens with zero attached hydrogens (tertiary/aromatic N) is 2. The lowest BCUT2D eigenvalue weighted by atomic mass is 9.86. The van der Waals surface area contributed by atoms with Gasteiger partial charge in [-0.1, -0.05) is 13.0 Å². The quantitative estimate of drug-likeness (QED) is 0.527. The van der Waals surface area contributed by atoms with E-state index in [2.05, 4.69) is 12.2 Å². The fraction of sp³-hybridized carbons (Fsp3) is 0.500. The Morgan fingerprint density at radius 3 is 2.64 bits per heavy atom. The highest BCUT2D eigenvalue weighted by Gasteiger charge is 2.48. The fourth-order valence-electron chi connectivity index (χ4n) is 5.66. The molecule has 1 aromatic carbocycles. The molecule has 8 nitrogen and oxygen atoms in total. The zero-order valence-corrected chi connectivity index (χ0v) is 21.5. The number of nitrogens with one attached hydrogen (secondary N) is 1. The third-order valence-corrected chi connectivity index (χ3v) is 7.99. The molecule has 3 heterocycles. The van der Waals surface area contributed by atoms with E-state index < -0.39 is 5.54 Å². The minimum Gasteiger partial charge on any atom is -0.497 e. The van der Waals surface area contributed by atoms with E-state index in [1.165, 1.54) is 0 Å². The Kier molecular flexibility index (Phi) is 6.45. The molecule has 0 spiro atoms. The van der Waals surface area contributed by atoms with Crippen molar-refractivity contribution >= 4 is 22.9 Å². The molecule has 1 saturated carbocycles. The van der Waals surface area contributed by atoms with Crippen molar-refractivity contribution in [3.63, 3.8) is 0 Å². The van der Waals surface area contributed by atoms with E-state index >= 15 is 0 Å². The maximum absolute atomic E-state index is 13.9. The summed E-state index contributed by atoms with van der Waals surface area (Å²) in [5.41, 5.74) is 1.94. The van der Waals surface area contributed by atoms with Gasteiger partial charge in [-0.2, -0.15) is 0 Å². The molecule has 2 aliphatic rings. The van der Waals surface area contributed by atoms with Crippen LogP contribution in [-0.4, -0.2) is 53.6 Å². The largest absolute Gasteiger partial charge is 0.497 e. The number of rotatable bonds is 7. The van der Waals surface area contributed by atoms with E-state index in [0.29, 0.717) is 48.2 Å². The summed E-state index contributed by atoms with van der Waals surface area (Å²) in [5.74, 6) is 1.82. The molecule has 0 bridgehead atoms. The number of carbonyl (C=O) groups is 2. The second-order valence-corrected chi connectivity index (χ2v) is 10.4. The van der Waals surface area contributed by atoms with Crippen LogP contribution in [0, 0.1) is 5.92 Å². The Labute approximate surface area is 211 Å². The van der Waals surface area contributed by atoms with Crippen LogP contribution in [0.2, 0.25) is 0 Å². The molecule has 1 N–H and O–H groups in total. The average molecular weight is 494 g/mol. The molecule has 1 fully saturated rings. The normalized spacial score (nSPS) is 24.0. The Morgan fingerprint density at radius 1 is 1.14 bits per heavy atom. The molecule has 1 aliphatic heterocycles. The summed E-state index contributed by atoms with van der Waals surface area (Å²) in [7, 11) is 3.23. The summed E-state index contributed by atoms with van der Waals surface area (Å²) in [6, 6.07) is 9.43. The zero-order valence-electron chi connectivity index (χ0n) is 21.5. The zero-order chi connectivity index (χ0) is 25.4. The highest BCUT2D eigenvalue weighted by atomic mass is 16.5. The Hall–Kier alpha value is -3.42. The van der Waals surface area contributed by atoms with E-state index in [-0.39, 0.29) is 17.9 Å². The van der Waals surface area contributed by atoms with Crippen molar-refractivity contribution in [2.24, 2.45) is 5.92 Å². The lowest BCUT2D eigenvalue weighted by Gasteiger charge is -2.45. The van der Waals surface area contributed by atoms with Crippen LogP contribution in [0.1, 0.15) is 55.6 Å². The van der Waals surface area contributed by atoms with E-state index in [1.807, 2.05) is 35.8 Å². The minimum atomic E-state index is -1.05. The molecule has 0 saturated heterocycles. The van der Waals surface area contributed by atoms with E-state index in [4.69, 9.17) is 13.9 Å². The van der Waals surface area contributed by atoms with Crippen molar-refractivity contribution in [2.75, 3.05) is 20.8 Å². The van der Waals surface area contributed by atoms with Gasteiger partial charge < -0.3 is 28.7 Å². The molecule has 2 aromatic heterocycles. The summed E-state index contributed by atoms with van der Waals surface area (Å²) in [6.07, 6.45) is 6.32. The van der Waals surface area contributed by atoms with Crippen LogP contribution in [0.25, 0.3) is 11.1 Å². The summed E-state index contributed by atoms with van der Waals surface area (Å²) in [5, 5.41) is 3.29. The van der Waals surface area contributed by atoms with Crippen LogP contribution < -0.4 is 14.8 Å². The molecule has 36 heavy (non-hydrogen) atoms. The second kappa shape index (κ2) is 9.56. The average Bonchev–Trinajstić information content (AvgIpc) is 3.47. The third-order valence-electron chi connectivity index (χ3n) is 7.99. The van der Waals surface area contributed by atoms with Crippen LogP contribution in [0.3, 0.4) is 0 Å². The maximum Gasteiger partial charge on any atom is 0.271 e. The van der Waals surface area contributed by atoms with Gasteiger partial charge in [0.25, 0.3) is 5.91 Å². The summed E-state index contributed by atoms with van der Waals surface area (Å²) < 4.78 is 18.4.